The van der Waals surface area contributed by atoms with Gasteiger partial charge < -0.3 is 10.2 Å². The Morgan fingerprint density at radius 2 is 1.93 bits per heavy atom. The van der Waals surface area contributed by atoms with Crippen LogP contribution in [-0.2, 0) is 4.79 Å². The molecule has 148 valence electrons. The highest BCUT2D eigenvalue weighted by atomic mass is 35.5. The molecule has 1 amide bonds. The molecule has 0 saturated carbocycles. The lowest BCUT2D eigenvalue weighted by atomic mass is 9.97. The first-order valence-electron chi connectivity index (χ1n) is 9.23. The molecular formula is C20H16ClFN4OS2. The van der Waals surface area contributed by atoms with Crippen molar-refractivity contribution in [3.05, 3.63) is 47.2 Å². The second-order valence-electron chi connectivity index (χ2n) is 7.01. The van der Waals surface area contributed by atoms with Crippen molar-refractivity contribution in [1.29, 1.82) is 0 Å². The Hall–Kier alpha value is -2.29. The minimum atomic E-state index is -0.263. The maximum Gasteiger partial charge on any atom is 0.231 e. The Balaban J connectivity index is 1.31. The smallest absolute Gasteiger partial charge is 0.231 e. The number of nitrogens with zero attached hydrogens (tertiary/aromatic N) is 3. The molecule has 5 rings (SSSR count). The maximum atomic E-state index is 13.5. The minimum absolute atomic E-state index is 0.0352. The van der Waals surface area contributed by atoms with Gasteiger partial charge in [0.25, 0.3) is 0 Å². The molecule has 1 N–H and O–H groups in total. The Bertz CT molecular complexity index is 1220. The van der Waals surface area contributed by atoms with Crippen LogP contribution in [0.5, 0.6) is 0 Å². The molecule has 29 heavy (non-hydrogen) atoms. The van der Waals surface area contributed by atoms with Crippen LogP contribution in [0.15, 0.2) is 36.4 Å². The first-order valence-corrected chi connectivity index (χ1v) is 11.2. The van der Waals surface area contributed by atoms with Crippen LogP contribution in [0, 0.1) is 11.7 Å². The average Bonchev–Trinajstić information content (AvgIpc) is 3.30. The number of aromatic nitrogens is 2. The van der Waals surface area contributed by atoms with Gasteiger partial charge in [-0.25, -0.2) is 14.4 Å². The quantitative estimate of drug-likeness (QED) is 0.448. The monoisotopic (exact) mass is 446 g/mol. The van der Waals surface area contributed by atoms with Crippen molar-refractivity contribution >= 4 is 70.9 Å². The van der Waals surface area contributed by atoms with Gasteiger partial charge in [0, 0.05) is 18.1 Å². The second kappa shape index (κ2) is 7.51. The van der Waals surface area contributed by atoms with E-state index in [1.54, 1.807) is 12.1 Å². The van der Waals surface area contributed by atoms with Crippen LogP contribution in [0.3, 0.4) is 0 Å². The maximum absolute atomic E-state index is 13.5. The van der Waals surface area contributed by atoms with Gasteiger partial charge in [0.05, 0.1) is 26.4 Å². The summed E-state index contributed by atoms with van der Waals surface area (Å²) in [6, 6.07) is 10.1. The second-order valence-corrected chi connectivity index (χ2v) is 9.49. The summed E-state index contributed by atoms with van der Waals surface area (Å²) in [5.74, 6) is -0.448. The number of benzene rings is 2. The minimum Gasteiger partial charge on any atom is -0.347 e. The highest BCUT2D eigenvalue weighted by molar-refractivity contribution is 7.22. The zero-order chi connectivity index (χ0) is 20.0. The van der Waals surface area contributed by atoms with Crippen LogP contribution >= 0.6 is 34.3 Å². The third-order valence-electron chi connectivity index (χ3n) is 4.98. The highest BCUT2D eigenvalue weighted by Crippen LogP contribution is 2.33. The molecule has 1 atom stereocenters. The summed E-state index contributed by atoms with van der Waals surface area (Å²) in [6.45, 7) is 1.43. The fourth-order valence-electron chi connectivity index (χ4n) is 3.55. The van der Waals surface area contributed by atoms with Crippen LogP contribution in [0.1, 0.15) is 12.8 Å². The molecule has 1 fully saturated rings. The average molecular weight is 447 g/mol. The molecule has 4 aromatic rings. The Kier molecular flexibility index (Phi) is 4.85. The molecule has 0 radical (unpaired) electrons. The molecule has 1 aliphatic heterocycles. The fraction of sp³-hybridized carbons (Fsp3) is 0.250. The highest BCUT2D eigenvalue weighted by Gasteiger charge is 2.28. The number of fused-ring (bicyclic) bond motifs is 2. The van der Waals surface area contributed by atoms with Crippen molar-refractivity contribution in [2.45, 2.75) is 12.8 Å². The molecule has 5 nitrogen and oxygen atoms in total. The molecule has 2 aromatic carbocycles. The number of carbonyl (C=O) groups is 1. The number of halogens is 2. The van der Waals surface area contributed by atoms with Gasteiger partial charge in [-0.15, -0.1) is 0 Å². The summed E-state index contributed by atoms with van der Waals surface area (Å²) in [7, 11) is 0. The van der Waals surface area contributed by atoms with Gasteiger partial charge in [0.1, 0.15) is 5.82 Å². The molecule has 1 aliphatic rings. The summed E-state index contributed by atoms with van der Waals surface area (Å²) >= 11 is 8.91. The van der Waals surface area contributed by atoms with E-state index < -0.39 is 0 Å². The predicted octanol–water partition coefficient (Wildman–Crippen LogP) is 5.55. The van der Waals surface area contributed by atoms with Crippen molar-refractivity contribution in [1.82, 2.24) is 9.97 Å². The van der Waals surface area contributed by atoms with Crippen LogP contribution < -0.4 is 10.2 Å². The molecule has 9 heteroatoms. The summed E-state index contributed by atoms with van der Waals surface area (Å²) < 4.78 is 15.2. The van der Waals surface area contributed by atoms with Gasteiger partial charge in [0.2, 0.25) is 5.91 Å². The molecule has 3 heterocycles. The number of hydrogen-bond donors (Lipinski definition) is 1. The van der Waals surface area contributed by atoms with Gasteiger partial charge >= 0.3 is 0 Å². The van der Waals surface area contributed by atoms with Crippen LogP contribution in [0.25, 0.3) is 20.4 Å². The van der Waals surface area contributed by atoms with Crippen molar-refractivity contribution in [3.63, 3.8) is 0 Å². The van der Waals surface area contributed by atoms with E-state index in [0.717, 1.165) is 45.0 Å². The number of amides is 1. The number of anilines is 2. The standard InChI is InChI=1S/C20H16ClFN4OS2/c21-12-3-5-14-16(8-12)28-19(23-14)25-18(27)11-2-1-7-26(10-11)20-24-15-6-4-13(22)9-17(15)29-20/h3-6,8-9,11H,1-2,7,10H2,(H,23,25,27). The van der Waals surface area contributed by atoms with E-state index in [1.165, 1.54) is 34.8 Å². The number of thiazole rings is 2. The van der Waals surface area contributed by atoms with E-state index in [1.807, 2.05) is 12.1 Å². The van der Waals surface area contributed by atoms with E-state index in [2.05, 4.69) is 20.2 Å². The third-order valence-corrected chi connectivity index (χ3v) is 7.23. The van der Waals surface area contributed by atoms with Gasteiger partial charge in [-0.2, -0.15) is 0 Å². The van der Waals surface area contributed by atoms with Gasteiger partial charge in [0.15, 0.2) is 10.3 Å². The Morgan fingerprint density at radius 1 is 1.14 bits per heavy atom. The van der Waals surface area contributed by atoms with Crippen molar-refractivity contribution in [2.24, 2.45) is 5.92 Å². The molecular weight excluding hydrogens is 431 g/mol. The zero-order valence-electron chi connectivity index (χ0n) is 15.2. The third kappa shape index (κ3) is 3.80. The summed E-state index contributed by atoms with van der Waals surface area (Å²) in [5.41, 5.74) is 1.60. The summed E-state index contributed by atoms with van der Waals surface area (Å²) in [4.78, 5) is 24.0. The number of nitrogens with one attached hydrogen (secondary N) is 1. The van der Waals surface area contributed by atoms with E-state index in [4.69, 9.17) is 11.6 Å². The van der Waals surface area contributed by atoms with Crippen molar-refractivity contribution in [3.8, 4) is 0 Å². The molecule has 1 saturated heterocycles. The van der Waals surface area contributed by atoms with E-state index in [-0.39, 0.29) is 17.6 Å². The first kappa shape index (κ1) is 18.7. The number of piperidine rings is 1. The lowest BCUT2D eigenvalue weighted by Crippen LogP contribution is -2.40. The van der Waals surface area contributed by atoms with Gasteiger partial charge in [-0.05, 0) is 49.2 Å². The van der Waals surface area contributed by atoms with Crippen LogP contribution in [0.4, 0.5) is 14.7 Å². The number of carbonyl (C=O) groups excluding carboxylic acids is 1. The molecule has 0 bridgehead atoms. The normalized spacial score (nSPS) is 17.2. The molecule has 0 spiro atoms. The van der Waals surface area contributed by atoms with E-state index in [0.29, 0.717) is 16.7 Å². The van der Waals surface area contributed by atoms with E-state index >= 15 is 0 Å². The zero-order valence-corrected chi connectivity index (χ0v) is 17.6. The lowest BCUT2D eigenvalue weighted by molar-refractivity contribution is -0.120. The van der Waals surface area contributed by atoms with Gasteiger partial charge in [-0.3, -0.25) is 4.79 Å². The number of rotatable bonds is 3. The summed E-state index contributed by atoms with van der Waals surface area (Å²) in [6.07, 6.45) is 1.72. The van der Waals surface area contributed by atoms with Crippen molar-refractivity contribution < 1.29 is 9.18 Å². The largest absolute Gasteiger partial charge is 0.347 e. The Labute approximate surface area is 179 Å². The molecule has 1 unspecified atom stereocenters. The Morgan fingerprint density at radius 3 is 2.83 bits per heavy atom. The SMILES string of the molecule is O=C(Nc1nc2ccc(Cl)cc2s1)C1CCCN(c2nc3ccc(F)cc3s2)C1. The van der Waals surface area contributed by atoms with Gasteiger partial charge in [-0.1, -0.05) is 34.3 Å². The molecule has 0 aliphatic carbocycles. The summed E-state index contributed by atoms with van der Waals surface area (Å²) in [5, 5.41) is 5.02. The van der Waals surface area contributed by atoms with E-state index in [9.17, 15) is 9.18 Å². The predicted molar refractivity (Wildman–Crippen MR) is 118 cm³/mol. The van der Waals surface area contributed by atoms with Crippen LogP contribution in [-0.4, -0.2) is 29.0 Å². The fourth-order valence-corrected chi connectivity index (χ4v) is 5.72. The van der Waals surface area contributed by atoms with Crippen molar-refractivity contribution in [2.75, 3.05) is 23.3 Å². The topological polar surface area (TPSA) is 58.1 Å². The lowest BCUT2D eigenvalue weighted by Gasteiger charge is -2.31. The molecule has 2 aromatic heterocycles. The van der Waals surface area contributed by atoms with Crippen LogP contribution in [0.2, 0.25) is 5.02 Å². The first-order chi connectivity index (χ1) is 14.0. The number of hydrogen-bond acceptors (Lipinski definition) is 6.